The Labute approximate surface area is 92.5 Å². The lowest BCUT2D eigenvalue weighted by Crippen LogP contribution is -1.94. The predicted molar refractivity (Wildman–Crippen MR) is 61.2 cm³/mol. The molecule has 2 aromatic carbocycles. The van der Waals surface area contributed by atoms with Crippen LogP contribution >= 0.6 is 0 Å². The first-order valence-corrected chi connectivity index (χ1v) is 4.92. The molecule has 0 amide bonds. The van der Waals surface area contributed by atoms with Crippen LogP contribution in [-0.2, 0) is 0 Å². The molecule has 0 unspecified atom stereocenters. The Balaban J connectivity index is 2.60. The summed E-state index contributed by atoms with van der Waals surface area (Å²) in [6.45, 7) is 0. The normalized spacial score (nSPS) is 10.7. The van der Waals surface area contributed by atoms with E-state index in [4.69, 9.17) is 5.73 Å². The van der Waals surface area contributed by atoms with E-state index in [1.807, 2.05) is 0 Å². The molecule has 2 N–H and O–H groups in total. The van der Waals surface area contributed by atoms with E-state index in [-0.39, 0.29) is 5.56 Å². The number of nitrogen functional groups attached to an aromatic ring is 1. The second kappa shape index (κ2) is 4.31. The van der Waals surface area contributed by atoms with Gasteiger partial charge >= 0.3 is 0 Å². The molecule has 0 aliphatic rings. The lowest BCUT2D eigenvalue weighted by molar-refractivity contribution is 0.152. The summed E-state index contributed by atoms with van der Waals surface area (Å²) >= 11 is 0. The number of rotatable bonds is 2. The molecule has 82 valence electrons. The molecule has 0 fully saturated rings. The van der Waals surface area contributed by atoms with Crippen LogP contribution in [0.3, 0.4) is 0 Å². The maximum Gasteiger partial charge on any atom is 0.264 e. The fourth-order valence-electron chi connectivity index (χ4n) is 1.67. The number of halogens is 2. The highest BCUT2D eigenvalue weighted by atomic mass is 19.3. The van der Waals surface area contributed by atoms with Gasteiger partial charge in [0.2, 0.25) is 0 Å². The zero-order chi connectivity index (χ0) is 11.5. The van der Waals surface area contributed by atoms with Crippen molar-refractivity contribution in [2.75, 3.05) is 5.73 Å². The first-order valence-electron chi connectivity index (χ1n) is 4.92. The van der Waals surface area contributed by atoms with Crippen LogP contribution in [0, 0.1) is 0 Å². The highest BCUT2D eigenvalue weighted by Crippen LogP contribution is 2.33. The number of benzene rings is 2. The van der Waals surface area contributed by atoms with Gasteiger partial charge in [-0.3, -0.25) is 0 Å². The minimum Gasteiger partial charge on any atom is -0.398 e. The van der Waals surface area contributed by atoms with Crippen molar-refractivity contribution in [3.8, 4) is 11.1 Å². The van der Waals surface area contributed by atoms with Crippen molar-refractivity contribution >= 4 is 5.69 Å². The first-order chi connectivity index (χ1) is 7.70. The molecule has 0 aromatic heterocycles. The van der Waals surface area contributed by atoms with E-state index in [2.05, 4.69) is 0 Å². The van der Waals surface area contributed by atoms with E-state index < -0.39 is 6.43 Å². The minimum absolute atomic E-state index is 0.0143. The van der Waals surface area contributed by atoms with Crippen molar-refractivity contribution in [3.05, 3.63) is 54.1 Å². The van der Waals surface area contributed by atoms with Crippen LogP contribution < -0.4 is 5.73 Å². The van der Waals surface area contributed by atoms with Crippen LogP contribution in [-0.4, -0.2) is 0 Å². The van der Waals surface area contributed by atoms with Crippen LogP contribution in [0.1, 0.15) is 12.0 Å². The van der Waals surface area contributed by atoms with E-state index in [0.717, 1.165) is 0 Å². The summed E-state index contributed by atoms with van der Waals surface area (Å²) in [7, 11) is 0. The van der Waals surface area contributed by atoms with Gasteiger partial charge < -0.3 is 5.73 Å². The molecule has 0 radical (unpaired) electrons. The van der Waals surface area contributed by atoms with E-state index in [0.29, 0.717) is 16.8 Å². The van der Waals surface area contributed by atoms with Gasteiger partial charge in [-0.05, 0) is 11.6 Å². The fourth-order valence-corrected chi connectivity index (χ4v) is 1.67. The highest BCUT2D eigenvalue weighted by molar-refractivity contribution is 5.78. The second-order valence-corrected chi connectivity index (χ2v) is 3.48. The summed E-state index contributed by atoms with van der Waals surface area (Å²) in [5.74, 6) is 0. The van der Waals surface area contributed by atoms with Gasteiger partial charge in [0.15, 0.2) is 0 Å². The molecule has 0 atom stereocenters. The van der Waals surface area contributed by atoms with Crippen molar-refractivity contribution in [1.29, 1.82) is 0 Å². The molecule has 2 aromatic rings. The summed E-state index contributed by atoms with van der Waals surface area (Å²) in [6, 6.07) is 13.4. The topological polar surface area (TPSA) is 26.0 Å². The van der Waals surface area contributed by atoms with E-state index in [1.54, 1.807) is 42.5 Å². The first kappa shape index (κ1) is 10.6. The molecule has 0 saturated heterocycles. The quantitative estimate of drug-likeness (QED) is 0.762. The zero-order valence-corrected chi connectivity index (χ0v) is 8.53. The van der Waals surface area contributed by atoms with Crippen molar-refractivity contribution < 1.29 is 8.78 Å². The highest BCUT2D eigenvalue weighted by Gasteiger charge is 2.14. The Kier molecular flexibility index (Phi) is 2.86. The number of para-hydroxylation sites is 1. The van der Waals surface area contributed by atoms with Crippen LogP contribution in [0.15, 0.2) is 48.5 Å². The Hall–Kier alpha value is -1.90. The molecule has 0 aliphatic carbocycles. The molecule has 0 aliphatic heterocycles. The average molecular weight is 219 g/mol. The summed E-state index contributed by atoms with van der Waals surface area (Å²) < 4.78 is 25.6. The fraction of sp³-hybridized carbons (Fsp3) is 0.0769. The Bertz CT molecular complexity index is 495. The molecule has 0 spiro atoms. The Morgan fingerprint density at radius 3 is 2.00 bits per heavy atom. The molecule has 0 saturated carbocycles. The second-order valence-electron chi connectivity index (χ2n) is 3.48. The molecular formula is C13H11F2N. The number of hydrogen-bond donors (Lipinski definition) is 1. The Morgan fingerprint density at radius 1 is 0.812 bits per heavy atom. The van der Waals surface area contributed by atoms with E-state index in [1.165, 1.54) is 6.07 Å². The van der Waals surface area contributed by atoms with Gasteiger partial charge in [-0.2, -0.15) is 0 Å². The van der Waals surface area contributed by atoms with E-state index >= 15 is 0 Å². The van der Waals surface area contributed by atoms with E-state index in [9.17, 15) is 8.78 Å². The lowest BCUT2D eigenvalue weighted by Gasteiger charge is -2.10. The van der Waals surface area contributed by atoms with Crippen LogP contribution in [0.25, 0.3) is 11.1 Å². The van der Waals surface area contributed by atoms with Gasteiger partial charge in [0.05, 0.1) is 0 Å². The largest absolute Gasteiger partial charge is 0.398 e. The SMILES string of the molecule is Nc1ccccc1-c1ccccc1C(F)F. The van der Waals surface area contributed by atoms with Gasteiger partial charge in [0, 0.05) is 16.8 Å². The minimum atomic E-state index is -2.49. The van der Waals surface area contributed by atoms with Gasteiger partial charge in [0.1, 0.15) is 0 Å². The number of alkyl halides is 2. The monoisotopic (exact) mass is 219 g/mol. The molecule has 16 heavy (non-hydrogen) atoms. The third-order valence-electron chi connectivity index (χ3n) is 2.45. The van der Waals surface area contributed by atoms with Crippen LogP contribution in [0.4, 0.5) is 14.5 Å². The summed E-state index contributed by atoms with van der Waals surface area (Å²) in [4.78, 5) is 0. The molecule has 0 heterocycles. The van der Waals surface area contributed by atoms with Crippen LogP contribution in [0.2, 0.25) is 0 Å². The Morgan fingerprint density at radius 2 is 1.38 bits per heavy atom. The third kappa shape index (κ3) is 1.89. The zero-order valence-electron chi connectivity index (χ0n) is 8.53. The number of hydrogen-bond acceptors (Lipinski definition) is 1. The lowest BCUT2D eigenvalue weighted by atomic mass is 9.98. The molecule has 1 nitrogen and oxygen atoms in total. The predicted octanol–water partition coefficient (Wildman–Crippen LogP) is 3.87. The van der Waals surface area contributed by atoms with Crippen molar-refractivity contribution in [2.45, 2.75) is 6.43 Å². The molecular weight excluding hydrogens is 208 g/mol. The summed E-state index contributed by atoms with van der Waals surface area (Å²) in [5, 5.41) is 0. The number of nitrogens with two attached hydrogens (primary N) is 1. The van der Waals surface area contributed by atoms with Crippen molar-refractivity contribution in [3.63, 3.8) is 0 Å². The summed E-state index contributed by atoms with van der Waals surface area (Å²) in [5.41, 5.74) is 7.45. The number of anilines is 1. The van der Waals surface area contributed by atoms with Gasteiger partial charge in [0.25, 0.3) is 6.43 Å². The van der Waals surface area contributed by atoms with Gasteiger partial charge in [-0.25, -0.2) is 8.78 Å². The molecule has 0 bridgehead atoms. The van der Waals surface area contributed by atoms with Crippen molar-refractivity contribution in [1.82, 2.24) is 0 Å². The maximum atomic E-state index is 12.8. The smallest absolute Gasteiger partial charge is 0.264 e. The third-order valence-corrected chi connectivity index (χ3v) is 2.45. The average Bonchev–Trinajstić information content (AvgIpc) is 2.29. The van der Waals surface area contributed by atoms with Gasteiger partial charge in [-0.1, -0.05) is 42.5 Å². The van der Waals surface area contributed by atoms with Crippen LogP contribution in [0.5, 0.6) is 0 Å². The van der Waals surface area contributed by atoms with Gasteiger partial charge in [-0.15, -0.1) is 0 Å². The summed E-state index contributed by atoms with van der Waals surface area (Å²) in [6.07, 6.45) is -2.49. The molecule has 3 heteroatoms. The van der Waals surface area contributed by atoms with Crippen molar-refractivity contribution in [2.24, 2.45) is 0 Å². The standard InChI is InChI=1S/C13H11F2N/c14-13(15)11-7-2-1-5-9(11)10-6-3-4-8-12(10)16/h1-8,13H,16H2. The maximum absolute atomic E-state index is 12.8. The molecule has 2 rings (SSSR count).